The van der Waals surface area contributed by atoms with E-state index in [1.807, 2.05) is 31.2 Å². The topological polar surface area (TPSA) is 73.3 Å². The van der Waals surface area contributed by atoms with E-state index in [2.05, 4.69) is 15.3 Å². The average molecular weight is 355 g/mol. The van der Waals surface area contributed by atoms with Crippen LogP contribution in [0, 0.1) is 0 Å². The number of nitrogens with zero attached hydrogens (tertiary/aromatic N) is 2. The number of rotatable bonds is 7. The van der Waals surface area contributed by atoms with Gasteiger partial charge in [0.25, 0.3) is 0 Å². The number of carbonyl (C=O) groups is 1. The molecule has 2 aromatic rings. The molecule has 3 rings (SSSR count). The van der Waals surface area contributed by atoms with Crippen molar-refractivity contribution >= 4 is 5.91 Å². The Morgan fingerprint density at radius 2 is 1.92 bits per heavy atom. The van der Waals surface area contributed by atoms with Gasteiger partial charge in [-0.1, -0.05) is 12.1 Å². The summed E-state index contributed by atoms with van der Waals surface area (Å²) in [6, 6.07) is 7.90. The SMILES string of the molecule is CCOc1ccc(CC(=O)NC2CCC(Oc3cnccn3)CC2)cc1. The van der Waals surface area contributed by atoms with E-state index in [-0.39, 0.29) is 18.1 Å². The third-order valence-electron chi connectivity index (χ3n) is 4.47. The van der Waals surface area contributed by atoms with Crippen molar-refractivity contribution in [3.05, 3.63) is 48.4 Å². The first-order chi connectivity index (χ1) is 12.7. The highest BCUT2D eigenvalue weighted by atomic mass is 16.5. The van der Waals surface area contributed by atoms with Crippen LogP contribution in [0.1, 0.15) is 38.2 Å². The predicted molar refractivity (Wildman–Crippen MR) is 98.2 cm³/mol. The van der Waals surface area contributed by atoms with Gasteiger partial charge in [-0.2, -0.15) is 0 Å². The molecule has 0 atom stereocenters. The molecule has 1 aromatic heterocycles. The molecule has 0 saturated heterocycles. The minimum Gasteiger partial charge on any atom is -0.494 e. The Morgan fingerprint density at radius 3 is 2.58 bits per heavy atom. The van der Waals surface area contributed by atoms with E-state index in [1.54, 1.807) is 18.6 Å². The summed E-state index contributed by atoms with van der Waals surface area (Å²) in [4.78, 5) is 20.4. The molecule has 1 heterocycles. The van der Waals surface area contributed by atoms with Crippen LogP contribution < -0.4 is 14.8 Å². The third-order valence-corrected chi connectivity index (χ3v) is 4.47. The van der Waals surface area contributed by atoms with Crippen LogP contribution in [0.2, 0.25) is 0 Å². The van der Waals surface area contributed by atoms with E-state index >= 15 is 0 Å². The number of carbonyl (C=O) groups excluding carboxylic acids is 1. The molecule has 1 aliphatic carbocycles. The molecular formula is C20H25N3O3. The fraction of sp³-hybridized carbons (Fsp3) is 0.450. The smallest absolute Gasteiger partial charge is 0.232 e. The fourth-order valence-corrected chi connectivity index (χ4v) is 3.18. The van der Waals surface area contributed by atoms with Crippen molar-refractivity contribution < 1.29 is 14.3 Å². The minimum atomic E-state index is 0.0625. The van der Waals surface area contributed by atoms with Gasteiger partial charge >= 0.3 is 0 Å². The van der Waals surface area contributed by atoms with Gasteiger partial charge in [0, 0.05) is 18.4 Å². The number of ether oxygens (including phenoxy) is 2. The summed E-state index contributed by atoms with van der Waals surface area (Å²) in [6.45, 7) is 2.59. The summed E-state index contributed by atoms with van der Waals surface area (Å²) >= 11 is 0. The van der Waals surface area contributed by atoms with Gasteiger partial charge < -0.3 is 14.8 Å². The Kier molecular flexibility index (Phi) is 6.41. The fourth-order valence-electron chi connectivity index (χ4n) is 3.18. The maximum Gasteiger partial charge on any atom is 0.232 e. The van der Waals surface area contributed by atoms with E-state index in [1.165, 1.54) is 0 Å². The average Bonchev–Trinajstić information content (AvgIpc) is 2.66. The van der Waals surface area contributed by atoms with Crippen molar-refractivity contribution in [2.75, 3.05) is 6.61 Å². The summed E-state index contributed by atoms with van der Waals surface area (Å²) in [6.07, 6.45) is 9.07. The third kappa shape index (κ3) is 5.44. The van der Waals surface area contributed by atoms with Crippen LogP contribution in [0.5, 0.6) is 11.6 Å². The molecule has 1 aliphatic rings. The highest BCUT2D eigenvalue weighted by Gasteiger charge is 2.24. The highest BCUT2D eigenvalue weighted by Crippen LogP contribution is 2.22. The zero-order valence-corrected chi connectivity index (χ0v) is 15.1. The maximum atomic E-state index is 12.3. The second-order valence-electron chi connectivity index (χ2n) is 6.46. The van der Waals surface area contributed by atoms with E-state index in [4.69, 9.17) is 9.47 Å². The molecule has 1 aromatic carbocycles. The van der Waals surface area contributed by atoms with Crippen molar-refractivity contribution in [1.82, 2.24) is 15.3 Å². The van der Waals surface area contributed by atoms with Gasteiger partial charge in [-0.05, 0) is 50.3 Å². The second-order valence-corrected chi connectivity index (χ2v) is 6.46. The summed E-state index contributed by atoms with van der Waals surface area (Å²) < 4.78 is 11.3. The number of hydrogen-bond acceptors (Lipinski definition) is 5. The predicted octanol–water partition coefficient (Wildman–Crippen LogP) is 2.92. The quantitative estimate of drug-likeness (QED) is 0.827. The molecule has 0 unspecified atom stereocenters. The lowest BCUT2D eigenvalue weighted by atomic mass is 9.92. The van der Waals surface area contributed by atoms with Crippen molar-refractivity contribution in [1.29, 1.82) is 0 Å². The second kappa shape index (κ2) is 9.17. The Morgan fingerprint density at radius 1 is 1.15 bits per heavy atom. The van der Waals surface area contributed by atoms with Gasteiger partial charge in [-0.15, -0.1) is 0 Å². The number of aromatic nitrogens is 2. The van der Waals surface area contributed by atoms with Crippen molar-refractivity contribution in [2.45, 2.75) is 51.2 Å². The van der Waals surface area contributed by atoms with E-state index in [9.17, 15) is 4.79 Å². The van der Waals surface area contributed by atoms with Crippen LogP contribution in [0.25, 0.3) is 0 Å². The van der Waals surface area contributed by atoms with Crippen LogP contribution in [0.3, 0.4) is 0 Å². The molecule has 1 saturated carbocycles. The first kappa shape index (κ1) is 18.2. The lowest BCUT2D eigenvalue weighted by Crippen LogP contribution is -2.40. The van der Waals surface area contributed by atoms with Crippen LogP contribution in [-0.4, -0.2) is 34.6 Å². The van der Waals surface area contributed by atoms with Gasteiger partial charge in [-0.3, -0.25) is 9.78 Å². The molecule has 6 nitrogen and oxygen atoms in total. The lowest BCUT2D eigenvalue weighted by molar-refractivity contribution is -0.121. The van der Waals surface area contributed by atoms with Gasteiger partial charge in [0.2, 0.25) is 11.8 Å². The molecular weight excluding hydrogens is 330 g/mol. The van der Waals surface area contributed by atoms with E-state index < -0.39 is 0 Å². The van der Waals surface area contributed by atoms with Crippen molar-refractivity contribution in [3.8, 4) is 11.6 Å². The Labute approximate surface area is 154 Å². The maximum absolute atomic E-state index is 12.3. The molecule has 0 radical (unpaired) electrons. The van der Waals surface area contributed by atoms with Crippen LogP contribution in [0.15, 0.2) is 42.9 Å². The summed E-state index contributed by atoms with van der Waals surface area (Å²) in [5.41, 5.74) is 0.991. The summed E-state index contributed by atoms with van der Waals surface area (Å²) in [5, 5.41) is 3.14. The molecule has 1 N–H and O–H groups in total. The summed E-state index contributed by atoms with van der Waals surface area (Å²) in [7, 11) is 0. The Bertz CT molecular complexity index is 683. The summed E-state index contributed by atoms with van der Waals surface area (Å²) in [5.74, 6) is 1.46. The molecule has 1 amide bonds. The Hall–Kier alpha value is -2.63. The number of hydrogen-bond donors (Lipinski definition) is 1. The van der Waals surface area contributed by atoms with Crippen LogP contribution >= 0.6 is 0 Å². The highest BCUT2D eigenvalue weighted by molar-refractivity contribution is 5.78. The van der Waals surface area contributed by atoms with Gasteiger partial charge in [0.15, 0.2) is 0 Å². The van der Waals surface area contributed by atoms with Crippen LogP contribution in [-0.2, 0) is 11.2 Å². The molecule has 0 aliphatic heterocycles. The standard InChI is InChI=1S/C20H25N3O3/c1-2-25-17-7-3-15(4-8-17)13-19(24)23-16-5-9-18(10-6-16)26-20-14-21-11-12-22-20/h3-4,7-8,11-12,14,16,18H,2,5-6,9-10,13H2,1H3,(H,23,24). The monoisotopic (exact) mass is 355 g/mol. The van der Waals surface area contributed by atoms with E-state index in [0.717, 1.165) is 37.0 Å². The number of amides is 1. The molecule has 0 bridgehead atoms. The largest absolute Gasteiger partial charge is 0.494 e. The number of benzene rings is 1. The first-order valence-corrected chi connectivity index (χ1v) is 9.16. The van der Waals surface area contributed by atoms with Gasteiger partial charge in [0.05, 0.1) is 19.2 Å². The number of nitrogens with one attached hydrogen (secondary N) is 1. The van der Waals surface area contributed by atoms with Crippen LogP contribution in [0.4, 0.5) is 0 Å². The molecule has 138 valence electrons. The molecule has 0 spiro atoms. The van der Waals surface area contributed by atoms with Gasteiger partial charge in [0.1, 0.15) is 11.9 Å². The zero-order valence-electron chi connectivity index (χ0n) is 15.1. The molecule has 6 heteroatoms. The van der Waals surface area contributed by atoms with Gasteiger partial charge in [-0.25, -0.2) is 4.98 Å². The lowest BCUT2D eigenvalue weighted by Gasteiger charge is -2.29. The molecule has 26 heavy (non-hydrogen) atoms. The first-order valence-electron chi connectivity index (χ1n) is 9.16. The zero-order chi connectivity index (χ0) is 18.2. The van der Waals surface area contributed by atoms with Crippen molar-refractivity contribution in [3.63, 3.8) is 0 Å². The van der Waals surface area contributed by atoms with E-state index in [0.29, 0.717) is 18.9 Å². The minimum absolute atomic E-state index is 0.0625. The normalized spacial score (nSPS) is 19.6. The molecule has 1 fully saturated rings. The Balaban J connectivity index is 1.40. The van der Waals surface area contributed by atoms with Crippen molar-refractivity contribution in [2.24, 2.45) is 0 Å².